The van der Waals surface area contributed by atoms with Gasteiger partial charge in [-0.15, -0.1) is 0 Å². The fourth-order valence-corrected chi connectivity index (χ4v) is 3.54. The highest BCUT2D eigenvalue weighted by Crippen LogP contribution is 2.38. The highest BCUT2D eigenvalue weighted by atomic mass is 19.1. The number of amides is 1. The van der Waals surface area contributed by atoms with Crippen LogP contribution in [0.2, 0.25) is 0 Å². The third-order valence-electron chi connectivity index (χ3n) is 5.08. The second-order valence-corrected chi connectivity index (χ2v) is 6.84. The highest BCUT2D eigenvalue weighted by Gasteiger charge is 2.48. The van der Waals surface area contributed by atoms with Gasteiger partial charge in [0.05, 0.1) is 23.4 Å². The van der Waals surface area contributed by atoms with E-state index in [0.717, 1.165) is 12.1 Å². The van der Waals surface area contributed by atoms with Crippen molar-refractivity contribution >= 4 is 17.4 Å². The number of hydrogen-bond donors (Lipinski definition) is 2. The molecule has 2 atom stereocenters. The van der Waals surface area contributed by atoms with Crippen LogP contribution in [0.5, 0.6) is 0 Å². The zero-order valence-corrected chi connectivity index (χ0v) is 15.0. The molecule has 148 valence electrons. The number of amidine groups is 1. The van der Waals surface area contributed by atoms with E-state index >= 15 is 4.39 Å². The van der Waals surface area contributed by atoms with E-state index in [1.165, 1.54) is 23.2 Å². The summed E-state index contributed by atoms with van der Waals surface area (Å²) in [4.78, 5) is 21.9. The van der Waals surface area contributed by atoms with Gasteiger partial charge in [-0.05, 0) is 24.3 Å². The quantitative estimate of drug-likeness (QED) is 0.761. The summed E-state index contributed by atoms with van der Waals surface area (Å²) < 4.78 is 43.4. The lowest BCUT2D eigenvalue weighted by molar-refractivity contribution is 0.0488. The Kier molecular flexibility index (Phi) is 4.38. The Morgan fingerprint density at radius 2 is 2.07 bits per heavy atom. The third-order valence-corrected chi connectivity index (χ3v) is 5.08. The molecule has 2 aliphatic heterocycles. The number of hydrogen-bond acceptors (Lipinski definition) is 6. The van der Waals surface area contributed by atoms with Crippen molar-refractivity contribution in [3.8, 4) is 6.07 Å². The number of piperidine rings is 1. The van der Waals surface area contributed by atoms with Gasteiger partial charge in [0.25, 0.3) is 5.91 Å². The molecule has 0 unspecified atom stereocenters. The van der Waals surface area contributed by atoms with Crippen LogP contribution >= 0.6 is 0 Å². The lowest BCUT2D eigenvalue weighted by Gasteiger charge is -2.44. The Labute approximate surface area is 163 Å². The predicted octanol–water partition coefficient (Wildman–Crippen LogP) is 1.94. The van der Waals surface area contributed by atoms with Crippen molar-refractivity contribution in [1.29, 1.82) is 5.26 Å². The second-order valence-electron chi connectivity index (χ2n) is 6.84. The van der Waals surface area contributed by atoms with Crippen molar-refractivity contribution in [2.75, 3.05) is 18.4 Å². The van der Waals surface area contributed by atoms with Gasteiger partial charge in [-0.2, -0.15) is 5.26 Å². The molecule has 0 bridgehead atoms. The normalized spacial score (nSPS) is 23.0. The molecule has 0 radical (unpaired) electrons. The highest BCUT2D eigenvalue weighted by molar-refractivity contribution is 6.04. The SMILES string of the molecule is N#Cc1ccc(C(=O)N2CC[C@@]3(N=C(N)c4c(F)ccc(F)c4N3)[C@@H](F)C2)nc1. The maximum Gasteiger partial charge on any atom is 0.272 e. The van der Waals surface area contributed by atoms with Gasteiger partial charge in [-0.25, -0.2) is 23.1 Å². The van der Waals surface area contributed by atoms with Crippen LogP contribution in [0.1, 0.15) is 28.0 Å². The molecule has 1 aromatic carbocycles. The van der Waals surface area contributed by atoms with Crippen molar-refractivity contribution in [2.24, 2.45) is 10.7 Å². The standard InChI is InChI=1S/C19H15F3N6O/c20-11-2-3-12(21)16-15(11)17(24)27-19(26-16)5-6-28(9-14(19)22)18(29)13-4-1-10(7-23)8-25-13/h1-4,8,14,26H,5-6,9H2,(H2,24,27)/t14-,19+/m0/s1. The molecule has 2 aromatic rings. The molecule has 4 rings (SSSR count). The molecule has 10 heteroatoms. The number of benzene rings is 1. The molecule has 7 nitrogen and oxygen atoms in total. The Bertz CT molecular complexity index is 1060. The van der Waals surface area contributed by atoms with Crippen LogP contribution in [0.15, 0.2) is 35.5 Å². The number of carbonyl (C=O) groups is 1. The molecular formula is C19H15F3N6O. The first-order valence-electron chi connectivity index (χ1n) is 8.76. The minimum atomic E-state index is -1.73. The summed E-state index contributed by atoms with van der Waals surface area (Å²) in [6.07, 6.45) is -0.479. The molecule has 1 fully saturated rings. The van der Waals surface area contributed by atoms with Gasteiger partial charge in [0, 0.05) is 19.2 Å². The smallest absolute Gasteiger partial charge is 0.272 e. The summed E-state index contributed by atoms with van der Waals surface area (Å²) in [6, 6.07) is 6.59. The summed E-state index contributed by atoms with van der Waals surface area (Å²) in [5.74, 6) is -2.34. The van der Waals surface area contributed by atoms with E-state index in [-0.39, 0.29) is 42.3 Å². The Morgan fingerprint density at radius 1 is 1.31 bits per heavy atom. The second kappa shape index (κ2) is 6.77. The van der Waals surface area contributed by atoms with Gasteiger partial charge in [0.1, 0.15) is 29.2 Å². The lowest BCUT2D eigenvalue weighted by Crippen LogP contribution is -2.60. The average molecular weight is 400 g/mol. The van der Waals surface area contributed by atoms with Crippen LogP contribution in [0, 0.1) is 23.0 Å². The van der Waals surface area contributed by atoms with E-state index in [4.69, 9.17) is 11.0 Å². The monoisotopic (exact) mass is 400 g/mol. The summed E-state index contributed by atoms with van der Waals surface area (Å²) >= 11 is 0. The van der Waals surface area contributed by atoms with Crippen molar-refractivity contribution in [1.82, 2.24) is 9.88 Å². The largest absolute Gasteiger partial charge is 0.383 e. The molecule has 1 spiro atoms. The van der Waals surface area contributed by atoms with E-state index in [1.54, 1.807) is 0 Å². The predicted molar refractivity (Wildman–Crippen MR) is 97.8 cm³/mol. The van der Waals surface area contributed by atoms with Crippen molar-refractivity contribution in [3.63, 3.8) is 0 Å². The third kappa shape index (κ3) is 3.04. The minimum Gasteiger partial charge on any atom is -0.383 e. The molecule has 0 aliphatic carbocycles. The van der Waals surface area contributed by atoms with Crippen LogP contribution in [-0.2, 0) is 0 Å². The van der Waals surface area contributed by atoms with Gasteiger partial charge in [0.15, 0.2) is 11.8 Å². The molecule has 1 saturated heterocycles. The summed E-state index contributed by atoms with van der Waals surface area (Å²) in [5.41, 5.74) is 4.12. The number of fused-ring (bicyclic) bond motifs is 1. The van der Waals surface area contributed by atoms with Gasteiger partial charge in [-0.1, -0.05) is 0 Å². The Morgan fingerprint density at radius 3 is 2.72 bits per heavy atom. The Hall–Kier alpha value is -3.61. The number of rotatable bonds is 1. The maximum atomic E-state index is 15.2. The lowest BCUT2D eigenvalue weighted by atomic mass is 9.91. The molecule has 3 heterocycles. The molecule has 1 aromatic heterocycles. The number of aromatic nitrogens is 1. The molecule has 1 amide bonds. The van der Waals surface area contributed by atoms with E-state index in [9.17, 15) is 13.6 Å². The number of likely N-dealkylation sites (tertiary alicyclic amines) is 1. The first kappa shape index (κ1) is 18.7. The molecule has 0 saturated carbocycles. The number of nitrogens with two attached hydrogens (primary N) is 1. The van der Waals surface area contributed by atoms with Gasteiger partial charge in [-0.3, -0.25) is 4.79 Å². The van der Waals surface area contributed by atoms with Gasteiger partial charge in [0.2, 0.25) is 0 Å². The summed E-state index contributed by atoms with van der Waals surface area (Å²) in [5, 5.41) is 11.5. The fraction of sp³-hybridized carbons (Fsp3) is 0.263. The van der Waals surface area contributed by atoms with E-state index < -0.39 is 29.4 Å². The van der Waals surface area contributed by atoms with Gasteiger partial charge < -0.3 is 16.0 Å². The summed E-state index contributed by atoms with van der Waals surface area (Å²) in [7, 11) is 0. The van der Waals surface area contributed by atoms with Crippen molar-refractivity contribution in [2.45, 2.75) is 18.3 Å². The van der Waals surface area contributed by atoms with Gasteiger partial charge >= 0.3 is 0 Å². The number of alkyl halides is 1. The number of halogens is 3. The molecular weight excluding hydrogens is 385 g/mol. The number of nitrogens with zero attached hydrogens (tertiary/aromatic N) is 4. The number of pyridine rings is 1. The topological polar surface area (TPSA) is 107 Å². The molecule has 3 N–H and O–H groups in total. The van der Waals surface area contributed by atoms with Crippen molar-refractivity contribution < 1.29 is 18.0 Å². The van der Waals surface area contributed by atoms with E-state index in [0.29, 0.717) is 5.56 Å². The van der Waals surface area contributed by atoms with Crippen LogP contribution in [0.4, 0.5) is 18.9 Å². The molecule has 29 heavy (non-hydrogen) atoms. The first-order chi connectivity index (χ1) is 13.8. The van der Waals surface area contributed by atoms with Crippen molar-refractivity contribution in [3.05, 3.63) is 58.9 Å². The number of nitriles is 1. The van der Waals surface area contributed by atoms with E-state index in [2.05, 4.69) is 15.3 Å². The summed E-state index contributed by atoms with van der Waals surface area (Å²) in [6.45, 7) is -0.243. The van der Waals surface area contributed by atoms with Crippen LogP contribution in [0.3, 0.4) is 0 Å². The zero-order valence-electron chi connectivity index (χ0n) is 15.0. The molecule has 2 aliphatic rings. The van der Waals surface area contributed by atoms with Crippen LogP contribution in [0.25, 0.3) is 0 Å². The number of aliphatic imine (C=N–C) groups is 1. The maximum absolute atomic E-state index is 15.2. The number of carbonyl (C=O) groups excluding carboxylic acids is 1. The minimum absolute atomic E-state index is 0.00766. The van der Waals surface area contributed by atoms with E-state index in [1.807, 2.05) is 6.07 Å². The number of nitrogens with one attached hydrogen (secondary N) is 1. The Balaban J connectivity index is 1.58. The van der Waals surface area contributed by atoms with Crippen LogP contribution in [-0.4, -0.2) is 46.6 Å². The first-order valence-corrected chi connectivity index (χ1v) is 8.76. The van der Waals surface area contributed by atoms with Crippen LogP contribution < -0.4 is 11.1 Å². The fourth-order valence-electron chi connectivity index (χ4n) is 3.54. The average Bonchev–Trinajstić information content (AvgIpc) is 2.72. The number of anilines is 1. The zero-order chi connectivity index (χ0) is 20.8.